The molecule has 0 saturated carbocycles. The molecule has 0 aliphatic carbocycles. The number of pyridine rings is 1. The minimum Gasteiger partial charge on any atom is -0.497 e. The third-order valence-electron chi connectivity index (χ3n) is 4.67. The van der Waals surface area contributed by atoms with E-state index in [0.29, 0.717) is 28.9 Å². The number of fused-ring (bicyclic) bond motifs is 1. The molecular weight excluding hydrogens is 378 g/mol. The third kappa shape index (κ3) is 3.62. The van der Waals surface area contributed by atoms with Gasteiger partial charge in [0.2, 0.25) is 15.3 Å². The molecule has 0 unspecified atom stereocenters. The van der Waals surface area contributed by atoms with Crippen molar-refractivity contribution >= 4 is 20.7 Å². The number of nitrogens with zero attached hydrogens (tertiary/aromatic N) is 1. The summed E-state index contributed by atoms with van der Waals surface area (Å²) in [5, 5.41) is 0.324. The Kier molecular flexibility index (Phi) is 5.74. The van der Waals surface area contributed by atoms with Crippen molar-refractivity contribution in [2.75, 3.05) is 14.2 Å². The number of methoxy groups -OCH3 is 2. The Labute approximate surface area is 164 Å². The smallest absolute Gasteiger partial charge is 0.211 e. The lowest BCUT2D eigenvalue weighted by molar-refractivity contribution is 0.414. The van der Waals surface area contributed by atoms with E-state index in [2.05, 4.69) is 6.92 Å². The predicted molar refractivity (Wildman–Crippen MR) is 108 cm³/mol. The predicted octanol–water partition coefficient (Wildman–Crippen LogP) is 3.65. The van der Waals surface area contributed by atoms with Crippen molar-refractivity contribution in [2.45, 2.75) is 36.1 Å². The third-order valence-corrected chi connectivity index (χ3v) is 6.43. The second-order valence-corrected chi connectivity index (χ2v) is 8.35. The van der Waals surface area contributed by atoms with E-state index < -0.39 is 15.3 Å². The maximum absolute atomic E-state index is 13.2. The summed E-state index contributed by atoms with van der Waals surface area (Å²) in [6, 6.07) is 11.2. The zero-order chi connectivity index (χ0) is 20.3. The highest BCUT2D eigenvalue weighted by Gasteiger charge is 2.24. The quantitative estimate of drug-likeness (QED) is 0.604. The molecule has 0 atom stereocenters. The molecule has 1 aromatic heterocycles. The molecule has 0 N–H and O–H groups in total. The zero-order valence-electron chi connectivity index (χ0n) is 16.1. The van der Waals surface area contributed by atoms with Crippen LogP contribution in [0.15, 0.2) is 63.2 Å². The van der Waals surface area contributed by atoms with Gasteiger partial charge in [-0.2, -0.15) is 0 Å². The van der Waals surface area contributed by atoms with Crippen LogP contribution in [0, 0.1) is 0 Å². The van der Waals surface area contributed by atoms with Crippen molar-refractivity contribution < 1.29 is 17.9 Å². The van der Waals surface area contributed by atoms with E-state index in [1.54, 1.807) is 30.3 Å². The fourth-order valence-corrected chi connectivity index (χ4v) is 4.43. The Balaban J connectivity index is 2.26. The minimum atomic E-state index is -3.98. The minimum absolute atomic E-state index is 0.0506. The lowest BCUT2D eigenvalue weighted by Crippen LogP contribution is -2.19. The number of ether oxygens (including phenoxy) is 2. The van der Waals surface area contributed by atoms with Crippen molar-refractivity contribution in [3.63, 3.8) is 0 Å². The van der Waals surface area contributed by atoms with Gasteiger partial charge in [-0.05, 0) is 48.9 Å². The first-order chi connectivity index (χ1) is 13.4. The van der Waals surface area contributed by atoms with Crippen molar-refractivity contribution in [3.8, 4) is 11.5 Å². The van der Waals surface area contributed by atoms with Crippen molar-refractivity contribution in [1.29, 1.82) is 0 Å². The van der Waals surface area contributed by atoms with E-state index in [9.17, 15) is 13.2 Å². The van der Waals surface area contributed by atoms with Crippen LogP contribution >= 0.6 is 0 Å². The fourth-order valence-electron chi connectivity index (χ4n) is 3.06. The molecule has 28 heavy (non-hydrogen) atoms. The normalized spacial score (nSPS) is 11.5. The molecule has 3 rings (SSSR count). The van der Waals surface area contributed by atoms with E-state index >= 15 is 0 Å². The summed E-state index contributed by atoms with van der Waals surface area (Å²) in [5.74, 6) is 1.05. The van der Waals surface area contributed by atoms with Crippen molar-refractivity contribution in [3.05, 3.63) is 58.9 Å². The molecule has 1 heterocycles. The van der Waals surface area contributed by atoms with E-state index in [-0.39, 0.29) is 9.79 Å². The second kappa shape index (κ2) is 8.06. The first-order valence-corrected chi connectivity index (χ1v) is 10.5. The molecule has 0 fully saturated rings. The fraction of sp³-hybridized carbons (Fsp3) is 0.286. The van der Waals surface area contributed by atoms with Gasteiger partial charge in [0.1, 0.15) is 16.4 Å². The topological polar surface area (TPSA) is 74.6 Å². The van der Waals surface area contributed by atoms with Crippen LogP contribution in [0.3, 0.4) is 0 Å². The summed E-state index contributed by atoms with van der Waals surface area (Å²) >= 11 is 0. The monoisotopic (exact) mass is 401 g/mol. The number of hydrogen-bond acceptors (Lipinski definition) is 5. The molecule has 0 saturated heterocycles. The Morgan fingerprint density at radius 2 is 1.61 bits per heavy atom. The first-order valence-electron chi connectivity index (χ1n) is 9.02. The number of sulfone groups is 1. The second-order valence-electron chi connectivity index (χ2n) is 6.43. The van der Waals surface area contributed by atoms with Gasteiger partial charge in [-0.25, -0.2) is 8.42 Å². The molecule has 6 nitrogen and oxygen atoms in total. The van der Waals surface area contributed by atoms with Crippen LogP contribution < -0.4 is 14.9 Å². The highest BCUT2D eigenvalue weighted by molar-refractivity contribution is 7.91. The molecule has 0 aliphatic heterocycles. The van der Waals surface area contributed by atoms with E-state index in [1.165, 1.54) is 32.5 Å². The lowest BCUT2D eigenvalue weighted by atomic mass is 10.2. The van der Waals surface area contributed by atoms with Crippen LogP contribution in [-0.2, 0) is 16.4 Å². The van der Waals surface area contributed by atoms with Gasteiger partial charge < -0.3 is 14.0 Å². The summed E-state index contributed by atoms with van der Waals surface area (Å²) in [7, 11) is -0.968. The van der Waals surface area contributed by atoms with Gasteiger partial charge in [-0.15, -0.1) is 0 Å². The SMILES string of the molecule is CCCCn1cc(S(=O)(=O)c2ccc(OC)cc2)c(=O)c2cc(OC)ccc21. The van der Waals surface area contributed by atoms with Crippen LogP contribution in [0.25, 0.3) is 10.9 Å². The maximum Gasteiger partial charge on any atom is 0.211 e. The van der Waals surface area contributed by atoms with Crippen molar-refractivity contribution in [1.82, 2.24) is 4.57 Å². The Morgan fingerprint density at radius 1 is 0.964 bits per heavy atom. The van der Waals surface area contributed by atoms with Crippen LogP contribution in [0.1, 0.15) is 19.8 Å². The average Bonchev–Trinajstić information content (AvgIpc) is 2.72. The molecular formula is C21H23NO5S. The number of benzene rings is 2. The molecule has 0 amide bonds. The van der Waals surface area contributed by atoms with E-state index in [1.807, 2.05) is 4.57 Å². The van der Waals surface area contributed by atoms with Gasteiger partial charge >= 0.3 is 0 Å². The van der Waals surface area contributed by atoms with Crippen LogP contribution in [0.2, 0.25) is 0 Å². The highest BCUT2D eigenvalue weighted by Crippen LogP contribution is 2.25. The molecule has 0 radical (unpaired) electrons. The summed E-state index contributed by atoms with van der Waals surface area (Å²) in [5.41, 5.74) is 0.158. The number of unbranched alkanes of at least 4 members (excludes halogenated alkanes) is 1. The molecule has 0 bridgehead atoms. The number of rotatable bonds is 7. The van der Waals surface area contributed by atoms with Crippen LogP contribution in [-0.4, -0.2) is 27.2 Å². The van der Waals surface area contributed by atoms with E-state index in [0.717, 1.165) is 12.8 Å². The van der Waals surface area contributed by atoms with Gasteiger partial charge in [-0.3, -0.25) is 4.79 Å². The van der Waals surface area contributed by atoms with Gasteiger partial charge in [0.25, 0.3) is 0 Å². The Morgan fingerprint density at radius 3 is 2.21 bits per heavy atom. The number of aryl methyl sites for hydroxylation is 1. The zero-order valence-corrected chi connectivity index (χ0v) is 17.0. The largest absolute Gasteiger partial charge is 0.497 e. The van der Waals surface area contributed by atoms with Crippen LogP contribution in [0.4, 0.5) is 0 Å². The van der Waals surface area contributed by atoms with Gasteiger partial charge in [0.05, 0.1) is 30.0 Å². The van der Waals surface area contributed by atoms with Gasteiger partial charge in [0.15, 0.2) is 0 Å². The molecule has 2 aromatic carbocycles. The van der Waals surface area contributed by atoms with Gasteiger partial charge in [-0.1, -0.05) is 13.3 Å². The summed E-state index contributed by atoms with van der Waals surface area (Å²) in [6.07, 6.45) is 3.27. The Bertz CT molecular complexity index is 1150. The highest BCUT2D eigenvalue weighted by atomic mass is 32.2. The average molecular weight is 401 g/mol. The summed E-state index contributed by atoms with van der Waals surface area (Å²) in [6.45, 7) is 2.67. The van der Waals surface area contributed by atoms with Gasteiger partial charge in [0, 0.05) is 12.7 Å². The standard InChI is InChI=1S/C21H23NO5S/c1-4-5-12-22-14-20(21(23)18-13-16(27-3)8-11-19(18)22)28(24,25)17-9-6-15(26-2)7-10-17/h6-11,13-14H,4-5,12H2,1-3H3. The van der Waals surface area contributed by atoms with E-state index in [4.69, 9.17) is 9.47 Å². The Hall–Kier alpha value is -2.80. The first kappa shape index (κ1) is 19.9. The lowest BCUT2D eigenvalue weighted by Gasteiger charge is -2.14. The molecule has 0 spiro atoms. The molecule has 3 aromatic rings. The molecule has 148 valence electrons. The maximum atomic E-state index is 13.2. The molecule has 0 aliphatic rings. The summed E-state index contributed by atoms with van der Waals surface area (Å²) < 4.78 is 38.5. The number of hydrogen-bond donors (Lipinski definition) is 0. The molecule has 7 heteroatoms. The number of aromatic nitrogens is 1. The van der Waals surface area contributed by atoms with Crippen molar-refractivity contribution in [2.24, 2.45) is 0 Å². The van der Waals surface area contributed by atoms with Crippen LogP contribution in [0.5, 0.6) is 11.5 Å². The summed E-state index contributed by atoms with van der Waals surface area (Å²) in [4.78, 5) is 12.9.